The molecule has 1 aliphatic heterocycles. The van der Waals surface area contributed by atoms with E-state index in [0.29, 0.717) is 0 Å². The molecule has 1 N–H and O–H groups in total. The Morgan fingerprint density at radius 2 is 2.40 bits per heavy atom. The number of thiophene rings is 1. The smallest absolute Gasteiger partial charge is 0.0931 e. The monoisotopic (exact) mass is 245 g/mol. The lowest BCUT2D eigenvalue weighted by atomic mass is 9.95. The van der Waals surface area contributed by atoms with E-state index in [1.54, 1.807) is 11.3 Å². The molecular formula is C11H16ClNOS. The SMILES string of the molecule is CC1(O)CCCN(Cc2ccc(Cl)s2)C1. The highest BCUT2D eigenvalue weighted by atomic mass is 35.5. The number of β-amino-alcohol motifs (C(OH)–C–C–N with tert-alkyl or cyclic N) is 1. The molecule has 1 atom stereocenters. The van der Waals surface area contributed by atoms with Crippen LogP contribution in [0.4, 0.5) is 0 Å². The molecule has 2 heterocycles. The number of hydrogen-bond donors (Lipinski definition) is 1. The van der Waals surface area contributed by atoms with Gasteiger partial charge in [-0.2, -0.15) is 0 Å². The molecule has 1 aromatic heterocycles. The minimum Gasteiger partial charge on any atom is -0.389 e. The van der Waals surface area contributed by atoms with Crippen molar-refractivity contribution < 1.29 is 5.11 Å². The molecule has 1 aromatic rings. The Bertz CT molecular complexity index is 337. The normalized spacial score (nSPS) is 28.2. The molecule has 2 nitrogen and oxygen atoms in total. The van der Waals surface area contributed by atoms with E-state index in [9.17, 15) is 5.11 Å². The Morgan fingerprint density at radius 3 is 3.00 bits per heavy atom. The third-order valence-electron chi connectivity index (χ3n) is 2.76. The zero-order valence-corrected chi connectivity index (χ0v) is 10.4. The molecule has 0 aromatic carbocycles. The van der Waals surface area contributed by atoms with Gasteiger partial charge in [-0.15, -0.1) is 11.3 Å². The Labute approximate surface area is 99.5 Å². The van der Waals surface area contributed by atoms with Crippen LogP contribution in [0.2, 0.25) is 4.34 Å². The van der Waals surface area contributed by atoms with Gasteiger partial charge in [-0.1, -0.05) is 11.6 Å². The minimum atomic E-state index is -0.515. The van der Waals surface area contributed by atoms with Crippen LogP contribution in [0, 0.1) is 0 Å². The van der Waals surface area contributed by atoms with Crippen LogP contribution < -0.4 is 0 Å². The van der Waals surface area contributed by atoms with E-state index in [1.165, 1.54) is 4.88 Å². The van der Waals surface area contributed by atoms with Crippen LogP contribution in [0.3, 0.4) is 0 Å². The van der Waals surface area contributed by atoms with Crippen molar-refractivity contribution in [3.63, 3.8) is 0 Å². The summed E-state index contributed by atoms with van der Waals surface area (Å²) >= 11 is 7.51. The number of nitrogens with zero attached hydrogens (tertiary/aromatic N) is 1. The van der Waals surface area contributed by atoms with Gasteiger partial charge in [0.05, 0.1) is 9.94 Å². The Kier molecular flexibility index (Phi) is 3.36. The summed E-state index contributed by atoms with van der Waals surface area (Å²) in [5, 5.41) is 9.96. The van der Waals surface area contributed by atoms with Gasteiger partial charge in [0.2, 0.25) is 0 Å². The van der Waals surface area contributed by atoms with Crippen molar-refractivity contribution in [1.29, 1.82) is 0 Å². The maximum absolute atomic E-state index is 9.96. The lowest BCUT2D eigenvalue weighted by molar-refractivity contribution is -0.0178. The molecule has 2 rings (SSSR count). The van der Waals surface area contributed by atoms with E-state index in [-0.39, 0.29) is 0 Å². The van der Waals surface area contributed by atoms with Crippen molar-refractivity contribution in [2.45, 2.75) is 31.9 Å². The molecule has 0 amide bonds. The van der Waals surface area contributed by atoms with Crippen LogP contribution >= 0.6 is 22.9 Å². The predicted octanol–water partition coefficient (Wildman–Crippen LogP) is 2.75. The first-order chi connectivity index (χ1) is 7.05. The summed E-state index contributed by atoms with van der Waals surface area (Å²) in [4.78, 5) is 3.57. The van der Waals surface area contributed by atoms with Gasteiger partial charge >= 0.3 is 0 Å². The van der Waals surface area contributed by atoms with E-state index in [2.05, 4.69) is 11.0 Å². The summed E-state index contributed by atoms with van der Waals surface area (Å²) in [6.45, 7) is 4.67. The van der Waals surface area contributed by atoms with Crippen LogP contribution in [0.5, 0.6) is 0 Å². The van der Waals surface area contributed by atoms with Gasteiger partial charge in [0.25, 0.3) is 0 Å². The minimum absolute atomic E-state index is 0.515. The zero-order valence-electron chi connectivity index (χ0n) is 8.87. The number of rotatable bonds is 2. The van der Waals surface area contributed by atoms with Crippen LogP contribution in [0.1, 0.15) is 24.6 Å². The summed E-state index contributed by atoms with van der Waals surface area (Å²) in [5.74, 6) is 0. The quantitative estimate of drug-likeness (QED) is 0.866. The van der Waals surface area contributed by atoms with Crippen molar-refractivity contribution in [1.82, 2.24) is 4.90 Å². The average Bonchev–Trinajstić information content (AvgIpc) is 2.49. The highest BCUT2D eigenvalue weighted by molar-refractivity contribution is 7.16. The largest absolute Gasteiger partial charge is 0.389 e. The summed E-state index contributed by atoms with van der Waals surface area (Å²) in [6, 6.07) is 4.00. The molecule has 1 saturated heterocycles. The Hall–Kier alpha value is -0.0900. The molecule has 1 fully saturated rings. The van der Waals surface area contributed by atoms with Gasteiger partial charge < -0.3 is 5.11 Å². The van der Waals surface area contributed by atoms with Crippen LogP contribution in [-0.4, -0.2) is 28.7 Å². The fourth-order valence-corrected chi connectivity index (χ4v) is 3.25. The van der Waals surface area contributed by atoms with E-state index in [4.69, 9.17) is 11.6 Å². The lowest BCUT2D eigenvalue weighted by Gasteiger charge is -2.36. The summed E-state index contributed by atoms with van der Waals surface area (Å²) < 4.78 is 0.841. The second kappa shape index (κ2) is 4.42. The fourth-order valence-electron chi connectivity index (χ4n) is 2.12. The highest BCUT2D eigenvalue weighted by Gasteiger charge is 2.28. The molecule has 0 radical (unpaired) electrons. The third-order valence-corrected chi connectivity index (χ3v) is 3.98. The lowest BCUT2D eigenvalue weighted by Crippen LogP contribution is -2.45. The number of hydrogen-bond acceptors (Lipinski definition) is 3. The Balaban J connectivity index is 1.95. The maximum Gasteiger partial charge on any atom is 0.0931 e. The van der Waals surface area contributed by atoms with Crippen LogP contribution in [0.25, 0.3) is 0 Å². The number of halogens is 1. The van der Waals surface area contributed by atoms with Crippen molar-refractivity contribution in [3.8, 4) is 0 Å². The molecule has 0 saturated carbocycles. The van der Waals surface area contributed by atoms with Gasteiger partial charge in [0, 0.05) is 18.0 Å². The number of piperidine rings is 1. The molecule has 84 valence electrons. The molecule has 0 bridgehead atoms. The van der Waals surface area contributed by atoms with E-state index >= 15 is 0 Å². The summed E-state index contributed by atoms with van der Waals surface area (Å²) in [7, 11) is 0. The second-order valence-corrected chi connectivity index (χ2v) is 6.32. The summed E-state index contributed by atoms with van der Waals surface area (Å²) in [5.41, 5.74) is -0.515. The fraction of sp³-hybridized carbons (Fsp3) is 0.636. The van der Waals surface area contributed by atoms with E-state index in [0.717, 1.165) is 36.8 Å². The molecule has 15 heavy (non-hydrogen) atoms. The Morgan fingerprint density at radius 1 is 1.60 bits per heavy atom. The average molecular weight is 246 g/mol. The van der Waals surface area contributed by atoms with Crippen LogP contribution in [-0.2, 0) is 6.54 Å². The molecular weight excluding hydrogens is 230 g/mol. The highest BCUT2D eigenvalue weighted by Crippen LogP contribution is 2.26. The van der Waals surface area contributed by atoms with Gasteiger partial charge in [-0.25, -0.2) is 0 Å². The standard InChI is InChI=1S/C11H16ClNOS/c1-11(14)5-2-6-13(8-11)7-9-3-4-10(12)15-9/h3-4,14H,2,5-8H2,1H3. The number of likely N-dealkylation sites (tertiary alicyclic amines) is 1. The topological polar surface area (TPSA) is 23.5 Å². The maximum atomic E-state index is 9.96. The van der Waals surface area contributed by atoms with Crippen molar-refractivity contribution >= 4 is 22.9 Å². The van der Waals surface area contributed by atoms with Crippen molar-refractivity contribution in [2.75, 3.05) is 13.1 Å². The number of aliphatic hydroxyl groups is 1. The predicted molar refractivity (Wildman–Crippen MR) is 64.5 cm³/mol. The van der Waals surface area contributed by atoms with Crippen molar-refractivity contribution in [3.05, 3.63) is 21.3 Å². The van der Waals surface area contributed by atoms with Gasteiger partial charge in [-0.05, 0) is 38.4 Å². The molecule has 0 spiro atoms. The third kappa shape index (κ3) is 3.18. The summed E-state index contributed by atoms with van der Waals surface area (Å²) in [6.07, 6.45) is 1.99. The molecule has 0 aliphatic carbocycles. The van der Waals surface area contributed by atoms with Crippen LogP contribution in [0.15, 0.2) is 12.1 Å². The first-order valence-corrected chi connectivity index (χ1v) is 6.44. The first kappa shape index (κ1) is 11.4. The molecule has 1 aliphatic rings. The van der Waals surface area contributed by atoms with Gasteiger partial charge in [0.15, 0.2) is 0 Å². The van der Waals surface area contributed by atoms with E-state index < -0.39 is 5.60 Å². The molecule has 4 heteroatoms. The zero-order chi connectivity index (χ0) is 10.9. The van der Waals surface area contributed by atoms with Crippen molar-refractivity contribution in [2.24, 2.45) is 0 Å². The van der Waals surface area contributed by atoms with Gasteiger partial charge in [-0.3, -0.25) is 4.90 Å². The first-order valence-electron chi connectivity index (χ1n) is 5.24. The molecule has 1 unspecified atom stereocenters. The van der Waals surface area contributed by atoms with Gasteiger partial charge in [0.1, 0.15) is 0 Å². The van der Waals surface area contributed by atoms with E-state index in [1.807, 2.05) is 13.0 Å². The second-order valence-electron chi connectivity index (χ2n) is 4.52.